The molecular formula is C22H22F6N6O9. The van der Waals surface area contributed by atoms with Crippen molar-refractivity contribution in [1.82, 2.24) is 24.8 Å². The summed E-state index contributed by atoms with van der Waals surface area (Å²) in [5.41, 5.74) is 6.33. The minimum Gasteiger partial charge on any atom is -0.475 e. The standard InChI is InChI=1S/C18H20N6O5.2C2HF3O2/c19-12-5-6-24(18(28)23-12)17-16(27)15(26)11(29-17)8-20-14(25)7-13-21-9-3-1-2-4-10(9)22-13;2*3-2(4,5)1(6)7/h1-6,11,15-17,26-27H,7-8H2,(H,20,25)(H,21,22)(H2,19,23,28);2*(H,6,7)/t11-,15-,16-,17-;;/m1../s1. The molecule has 236 valence electrons. The Morgan fingerprint density at radius 3 is 2.05 bits per heavy atom. The molecule has 2 aromatic heterocycles. The van der Waals surface area contributed by atoms with Crippen molar-refractivity contribution < 1.29 is 65.9 Å². The third-order valence-electron chi connectivity index (χ3n) is 5.21. The maximum Gasteiger partial charge on any atom is 0.490 e. The van der Waals surface area contributed by atoms with Crippen molar-refractivity contribution >= 4 is 34.7 Å². The lowest BCUT2D eigenvalue weighted by Gasteiger charge is -2.17. The number of nitrogens with two attached hydrogens (primary N) is 1. The second kappa shape index (κ2) is 13.9. The van der Waals surface area contributed by atoms with Gasteiger partial charge in [-0.2, -0.15) is 31.3 Å². The van der Waals surface area contributed by atoms with Gasteiger partial charge in [0.15, 0.2) is 6.23 Å². The van der Waals surface area contributed by atoms with Gasteiger partial charge in [0.2, 0.25) is 5.91 Å². The topological polar surface area (TPSA) is 243 Å². The molecule has 21 heteroatoms. The fourth-order valence-corrected chi connectivity index (χ4v) is 3.27. The van der Waals surface area contributed by atoms with Crippen molar-refractivity contribution in [3.05, 3.63) is 52.8 Å². The lowest BCUT2D eigenvalue weighted by molar-refractivity contribution is -0.193. The van der Waals surface area contributed by atoms with Crippen LogP contribution in [-0.4, -0.2) is 95.0 Å². The molecule has 3 aromatic rings. The molecule has 1 aliphatic heterocycles. The average Bonchev–Trinajstić information content (AvgIpc) is 3.42. The molecular weight excluding hydrogens is 606 g/mol. The van der Waals surface area contributed by atoms with Crippen LogP contribution >= 0.6 is 0 Å². The van der Waals surface area contributed by atoms with Crippen LogP contribution in [0.4, 0.5) is 32.2 Å². The Labute approximate surface area is 234 Å². The van der Waals surface area contributed by atoms with E-state index < -0.39 is 54.5 Å². The number of halogens is 6. The van der Waals surface area contributed by atoms with Gasteiger partial charge in [-0.25, -0.2) is 19.4 Å². The van der Waals surface area contributed by atoms with Gasteiger partial charge in [-0.15, -0.1) is 0 Å². The van der Waals surface area contributed by atoms with Crippen molar-refractivity contribution in [2.45, 2.75) is 43.3 Å². The van der Waals surface area contributed by atoms with Gasteiger partial charge in [-0.05, 0) is 18.2 Å². The predicted octanol–water partition coefficient (Wildman–Crippen LogP) is -0.0535. The first-order valence-corrected chi connectivity index (χ1v) is 11.5. The average molecular weight is 628 g/mol. The Morgan fingerprint density at radius 1 is 0.977 bits per heavy atom. The molecule has 1 aromatic carbocycles. The number of carbonyl (C=O) groups is 3. The van der Waals surface area contributed by atoms with Crippen LogP contribution in [0.3, 0.4) is 0 Å². The molecule has 4 rings (SSSR count). The quantitative estimate of drug-likeness (QED) is 0.184. The molecule has 8 N–H and O–H groups in total. The molecule has 0 unspecified atom stereocenters. The number of carbonyl (C=O) groups excluding carboxylic acids is 1. The van der Waals surface area contributed by atoms with Crippen LogP contribution in [0.15, 0.2) is 41.3 Å². The number of rotatable bonds is 5. The van der Waals surface area contributed by atoms with Crippen molar-refractivity contribution in [2.75, 3.05) is 12.3 Å². The lowest BCUT2D eigenvalue weighted by Crippen LogP contribution is -2.40. The SMILES string of the molecule is Nc1ccn([C@@H]2O[C@H](CNC(=O)Cc3nc4ccccc4[nH]3)[C@@H](O)[C@H]2O)c(=O)n1.O=C(O)C(F)(F)F.O=C(O)C(F)(F)F. The summed E-state index contributed by atoms with van der Waals surface area (Å²) in [5.74, 6) is -5.30. The number of aromatic nitrogens is 4. The van der Waals surface area contributed by atoms with E-state index in [4.69, 9.17) is 30.3 Å². The number of anilines is 1. The van der Waals surface area contributed by atoms with Crippen LogP contribution in [0.2, 0.25) is 0 Å². The first kappa shape index (κ1) is 34.4. The highest BCUT2D eigenvalue weighted by Crippen LogP contribution is 2.28. The number of aliphatic hydroxyl groups is 2. The number of aliphatic carboxylic acids is 2. The molecule has 1 aliphatic rings. The van der Waals surface area contributed by atoms with Crippen LogP contribution in [0.25, 0.3) is 11.0 Å². The molecule has 3 heterocycles. The molecule has 0 radical (unpaired) electrons. The number of amides is 1. The number of carboxylic acid groups (broad SMARTS) is 2. The van der Waals surface area contributed by atoms with Gasteiger partial charge in [0, 0.05) is 12.7 Å². The molecule has 1 fully saturated rings. The molecule has 0 spiro atoms. The van der Waals surface area contributed by atoms with Crippen molar-refractivity contribution in [1.29, 1.82) is 0 Å². The molecule has 1 amide bonds. The number of benzene rings is 1. The number of hydrogen-bond acceptors (Lipinski definition) is 10. The van der Waals surface area contributed by atoms with Crippen molar-refractivity contribution in [3.63, 3.8) is 0 Å². The number of H-pyrrole nitrogens is 1. The number of para-hydroxylation sites is 2. The van der Waals surface area contributed by atoms with Crippen LogP contribution in [0.1, 0.15) is 12.1 Å². The number of alkyl halides is 6. The lowest BCUT2D eigenvalue weighted by atomic mass is 10.1. The van der Waals surface area contributed by atoms with E-state index in [0.717, 1.165) is 15.6 Å². The molecule has 1 saturated heterocycles. The van der Waals surface area contributed by atoms with E-state index in [1.165, 1.54) is 12.3 Å². The van der Waals surface area contributed by atoms with E-state index >= 15 is 0 Å². The van der Waals surface area contributed by atoms with Crippen molar-refractivity contribution in [3.8, 4) is 0 Å². The highest BCUT2D eigenvalue weighted by Gasteiger charge is 2.44. The number of hydrogen-bond donors (Lipinski definition) is 7. The Kier molecular flexibility index (Phi) is 11.2. The molecule has 0 saturated carbocycles. The van der Waals surface area contributed by atoms with Crippen molar-refractivity contribution in [2.24, 2.45) is 0 Å². The first-order chi connectivity index (χ1) is 19.8. The third kappa shape index (κ3) is 9.93. The number of fused-ring (bicyclic) bond motifs is 1. The van der Waals surface area contributed by atoms with E-state index in [2.05, 4.69) is 20.3 Å². The second-order valence-electron chi connectivity index (χ2n) is 8.38. The largest absolute Gasteiger partial charge is 0.490 e. The summed E-state index contributed by atoms with van der Waals surface area (Å²) >= 11 is 0. The van der Waals surface area contributed by atoms with Gasteiger partial charge in [0.25, 0.3) is 0 Å². The normalized spacial score (nSPS) is 19.9. The molecule has 4 atom stereocenters. The highest BCUT2D eigenvalue weighted by atomic mass is 19.4. The minimum atomic E-state index is -5.08. The maximum atomic E-state index is 12.2. The Hall–Kier alpha value is -4.76. The number of aromatic amines is 1. The second-order valence-corrected chi connectivity index (χ2v) is 8.38. The van der Waals surface area contributed by atoms with E-state index in [-0.39, 0.29) is 24.7 Å². The monoisotopic (exact) mass is 628 g/mol. The zero-order chi connectivity index (χ0) is 32.7. The van der Waals surface area contributed by atoms with Gasteiger partial charge in [-0.3, -0.25) is 9.36 Å². The zero-order valence-corrected chi connectivity index (χ0v) is 21.2. The molecule has 43 heavy (non-hydrogen) atoms. The summed E-state index contributed by atoms with van der Waals surface area (Å²) < 4.78 is 70.1. The van der Waals surface area contributed by atoms with Crippen LogP contribution in [-0.2, 0) is 25.5 Å². The summed E-state index contributed by atoms with van der Waals surface area (Å²) in [7, 11) is 0. The van der Waals surface area contributed by atoms with Crippen LogP contribution < -0.4 is 16.7 Å². The number of imidazole rings is 1. The Morgan fingerprint density at radius 2 is 1.53 bits per heavy atom. The third-order valence-corrected chi connectivity index (χ3v) is 5.21. The molecule has 0 aliphatic carbocycles. The smallest absolute Gasteiger partial charge is 0.475 e. The van der Waals surface area contributed by atoms with E-state index in [1.54, 1.807) is 0 Å². The number of aliphatic hydroxyl groups excluding tert-OH is 2. The van der Waals surface area contributed by atoms with Crippen LogP contribution in [0, 0.1) is 0 Å². The number of nitrogens with zero attached hydrogens (tertiary/aromatic N) is 3. The summed E-state index contributed by atoms with van der Waals surface area (Å²) in [6.07, 6.45) is -13.5. The number of ether oxygens (including phenoxy) is 1. The zero-order valence-electron chi connectivity index (χ0n) is 21.2. The highest BCUT2D eigenvalue weighted by molar-refractivity contribution is 5.80. The van der Waals surface area contributed by atoms with E-state index in [1.807, 2.05) is 24.3 Å². The Balaban J connectivity index is 0.000000384. The van der Waals surface area contributed by atoms with Gasteiger partial charge in [-0.1, -0.05) is 12.1 Å². The minimum absolute atomic E-state index is 0.0187. The Bertz CT molecular complexity index is 1440. The van der Waals surface area contributed by atoms with Crippen LogP contribution in [0.5, 0.6) is 0 Å². The van der Waals surface area contributed by atoms with E-state index in [0.29, 0.717) is 5.82 Å². The number of nitrogens with one attached hydrogen (secondary N) is 2. The fraction of sp³-hybridized carbons (Fsp3) is 0.364. The number of nitrogen functional groups attached to an aromatic ring is 1. The summed E-state index contributed by atoms with van der Waals surface area (Å²) in [4.78, 5) is 52.9. The number of carboxylic acids is 2. The summed E-state index contributed by atoms with van der Waals surface area (Å²) in [6, 6.07) is 8.81. The van der Waals surface area contributed by atoms with Gasteiger partial charge < -0.3 is 41.2 Å². The predicted molar refractivity (Wildman–Crippen MR) is 129 cm³/mol. The van der Waals surface area contributed by atoms with Gasteiger partial charge in [0.05, 0.1) is 17.5 Å². The van der Waals surface area contributed by atoms with E-state index in [9.17, 15) is 46.1 Å². The first-order valence-electron chi connectivity index (χ1n) is 11.5. The molecule has 0 bridgehead atoms. The summed E-state index contributed by atoms with van der Waals surface area (Å²) in [6.45, 7) is -0.0507. The molecule has 15 nitrogen and oxygen atoms in total. The van der Waals surface area contributed by atoms with Gasteiger partial charge in [0.1, 0.15) is 30.0 Å². The fourth-order valence-electron chi connectivity index (χ4n) is 3.27. The van der Waals surface area contributed by atoms with Gasteiger partial charge >= 0.3 is 30.0 Å². The maximum absolute atomic E-state index is 12.2. The summed E-state index contributed by atoms with van der Waals surface area (Å²) in [5, 5.41) is 37.4.